The van der Waals surface area contributed by atoms with E-state index in [1.54, 1.807) is 18.3 Å². The van der Waals surface area contributed by atoms with Crippen LogP contribution in [0.3, 0.4) is 0 Å². The molecule has 2 aromatic carbocycles. The molecular weight excluding hydrogens is 308 g/mol. The summed E-state index contributed by atoms with van der Waals surface area (Å²) >= 11 is 0. The molecule has 0 aromatic heterocycles. The van der Waals surface area contributed by atoms with Gasteiger partial charge < -0.3 is 20.9 Å². The van der Waals surface area contributed by atoms with Crippen LogP contribution < -0.4 is 21.3 Å². The Morgan fingerprint density at radius 3 is 2.38 bits per heavy atom. The fraction of sp³-hybridized carbons (Fsp3) is 0.118. The number of hydrogen-bond donors (Lipinski definition) is 3. The monoisotopic (exact) mass is 327 g/mol. The van der Waals surface area contributed by atoms with E-state index in [1.165, 1.54) is 7.11 Å². The summed E-state index contributed by atoms with van der Waals surface area (Å²) in [7, 11) is 1.35. The van der Waals surface area contributed by atoms with E-state index in [0.29, 0.717) is 12.2 Å². The third kappa shape index (κ3) is 5.13. The molecule has 24 heavy (non-hydrogen) atoms. The number of hydrazone groups is 1. The van der Waals surface area contributed by atoms with Crippen molar-refractivity contribution in [2.45, 2.75) is 6.61 Å². The van der Waals surface area contributed by atoms with Gasteiger partial charge in [0.15, 0.2) is 0 Å². The SMILES string of the molecule is COC(=O)c1ccc(COc2ccc(/C=[NH+]\N=C(N)N)cc2)cc1. The van der Waals surface area contributed by atoms with E-state index in [2.05, 4.69) is 14.9 Å². The maximum atomic E-state index is 11.4. The Kier molecular flexibility index (Phi) is 5.90. The molecule has 5 N–H and O–H groups in total. The lowest BCUT2D eigenvalue weighted by molar-refractivity contribution is -0.456. The summed E-state index contributed by atoms with van der Waals surface area (Å²) in [5, 5.41) is 6.28. The second-order valence-electron chi connectivity index (χ2n) is 4.86. The fourth-order valence-corrected chi connectivity index (χ4v) is 1.86. The van der Waals surface area contributed by atoms with Gasteiger partial charge in [0.2, 0.25) is 6.21 Å². The minimum atomic E-state index is -0.358. The summed E-state index contributed by atoms with van der Waals surface area (Å²) in [4.78, 5) is 11.4. The van der Waals surface area contributed by atoms with Gasteiger partial charge in [-0.25, -0.2) is 4.79 Å². The summed E-state index contributed by atoms with van der Waals surface area (Å²) < 4.78 is 10.4. The van der Waals surface area contributed by atoms with Gasteiger partial charge in [-0.2, -0.15) is 0 Å². The van der Waals surface area contributed by atoms with Crippen LogP contribution in [0.1, 0.15) is 21.5 Å². The minimum absolute atomic E-state index is 0.0376. The molecule has 0 heterocycles. The van der Waals surface area contributed by atoms with Crippen molar-refractivity contribution in [1.82, 2.24) is 0 Å². The molecule has 124 valence electrons. The number of nitrogens with one attached hydrogen (secondary N) is 1. The van der Waals surface area contributed by atoms with Gasteiger partial charge in [0.25, 0.3) is 5.96 Å². The number of rotatable bonds is 6. The van der Waals surface area contributed by atoms with Crippen LogP contribution in [0.25, 0.3) is 0 Å². The van der Waals surface area contributed by atoms with Crippen LogP contribution in [0.5, 0.6) is 5.75 Å². The van der Waals surface area contributed by atoms with Gasteiger partial charge in [0.1, 0.15) is 12.4 Å². The largest absolute Gasteiger partial charge is 0.489 e. The summed E-state index contributed by atoms with van der Waals surface area (Å²) in [6, 6.07) is 14.5. The summed E-state index contributed by atoms with van der Waals surface area (Å²) in [6.07, 6.45) is 1.66. The summed E-state index contributed by atoms with van der Waals surface area (Å²) in [5.41, 5.74) is 12.8. The first-order chi connectivity index (χ1) is 11.6. The number of benzene rings is 2. The number of hydrogen-bond acceptors (Lipinski definition) is 4. The fourth-order valence-electron chi connectivity index (χ4n) is 1.86. The molecule has 2 rings (SSSR count). The number of nitrogens with two attached hydrogens (primary N) is 2. The molecule has 0 saturated heterocycles. The van der Waals surface area contributed by atoms with Crippen LogP contribution in [-0.4, -0.2) is 25.3 Å². The van der Waals surface area contributed by atoms with E-state index in [0.717, 1.165) is 16.9 Å². The van der Waals surface area contributed by atoms with E-state index in [9.17, 15) is 4.79 Å². The van der Waals surface area contributed by atoms with Gasteiger partial charge >= 0.3 is 5.97 Å². The molecule has 7 nitrogen and oxygen atoms in total. The normalized spacial score (nSPS) is 10.4. The molecule has 0 atom stereocenters. The highest BCUT2D eigenvalue weighted by molar-refractivity contribution is 5.89. The van der Waals surface area contributed by atoms with Crippen molar-refractivity contribution in [2.75, 3.05) is 7.11 Å². The topological polar surface area (TPSA) is 114 Å². The highest BCUT2D eigenvalue weighted by atomic mass is 16.5. The van der Waals surface area contributed by atoms with Gasteiger partial charge in [-0.15, -0.1) is 5.10 Å². The molecule has 0 fully saturated rings. The van der Waals surface area contributed by atoms with Crippen molar-refractivity contribution >= 4 is 18.1 Å². The van der Waals surface area contributed by atoms with E-state index >= 15 is 0 Å². The molecule has 0 amide bonds. The number of nitrogens with zero attached hydrogens (tertiary/aromatic N) is 1. The summed E-state index contributed by atoms with van der Waals surface area (Å²) in [6.45, 7) is 0.400. The average molecular weight is 327 g/mol. The molecule has 0 saturated carbocycles. The lowest BCUT2D eigenvalue weighted by Crippen LogP contribution is -2.63. The Labute approximate surface area is 139 Å². The third-order valence-electron chi connectivity index (χ3n) is 3.09. The Morgan fingerprint density at radius 2 is 1.79 bits per heavy atom. The quantitative estimate of drug-likeness (QED) is 0.293. The Morgan fingerprint density at radius 1 is 1.12 bits per heavy atom. The molecule has 0 aliphatic carbocycles. The zero-order chi connectivity index (χ0) is 17.4. The highest BCUT2D eigenvalue weighted by Gasteiger charge is 2.04. The molecule has 7 heteroatoms. The number of carbonyl (C=O) groups excluding carboxylic acids is 1. The minimum Gasteiger partial charge on any atom is -0.489 e. The Hall–Kier alpha value is -3.35. The van der Waals surface area contributed by atoms with Crippen LogP contribution in [-0.2, 0) is 11.3 Å². The zero-order valence-electron chi connectivity index (χ0n) is 13.2. The molecular formula is C17H19N4O3+. The first-order valence-corrected chi connectivity index (χ1v) is 7.16. The van der Waals surface area contributed by atoms with Crippen molar-refractivity contribution in [2.24, 2.45) is 16.6 Å². The van der Waals surface area contributed by atoms with Crippen LogP contribution in [0.15, 0.2) is 53.6 Å². The van der Waals surface area contributed by atoms with Crippen molar-refractivity contribution in [3.05, 3.63) is 65.2 Å². The number of esters is 1. The second-order valence-corrected chi connectivity index (χ2v) is 4.86. The predicted molar refractivity (Wildman–Crippen MR) is 90.5 cm³/mol. The van der Waals surface area contributed by atoms with Crippen LogP contribution >= 0.6 is 0 Å². The number of carbonyl (C=O) groups is 1. The molecule has 0 aliphatic rings. The van der Waals surface area contributed by atoms with Crippen LogP contribution in [0.2, 0.25) is 0 Å². The standard InChI is InChI=1S/C17H18N4O3/c1-23-16(22)14-6-2-13(3-7-14)11-24-15-8-4-12(5-9-15)10-20-21-17(18)19/h2-10H,11H2,1H3,(H4,18,19,21)/p+1/b20-10-. The molecule has 0 bridgehead atoms. The van der Waals surface area contributed by atoms with Gasteiger partial charge in [0.05, 0.1) is 12.7 Å². The van der Waals surface area contributed by atoms with E-state index in [-0.39, 0.29) is 11.9 Å². The van der Waals surface area contributed by atoms with Crippen molar-refractivity contribution in [3.8, 4) is 5.75 Å². The van der Waals surface area contributed by atoms with Crippen LogP contribution in [0.4, 0.5) is 0 Å². The number of guanidine groups is 1. The van der Waals surface area contributed by atoms with Gasteiger partial charge in [-0.3, -0.25) is 0 Å². The lowest BCUT2D eigenvalue weighted by Gasteiger charge is -2.07. The highest BCUT2D eigenvalue weighted by Crippen LogP contribution is 2.14. The van der Waals surface area contributed by atoms with Gasteiger partial charge in [-0.1, -0.05) is 12.1 Å². The Bertz CT molecular complexity index is 733. The number of ether oxygens (including phenoxy) is 2. The predicted octanol–water partition coefficient (Wildman–Crippen LogP) is -0.260. The molecule has 0 radical (unpaired) electrons. The summed E-state index contributed by atoms with van der Waals surface area (Å²) in [5.74, 6) is 0.332. The van der Waals surface area contributed by atoms with E-state index in [4.69, 9.17) is 16.2 Å². The Balaban J connectivity index is 1.91. The van der Waals surface area contributed by atoms with Crippen molar-refractivity contribution in [3.63, 3.8) is 0 Å². The van der Waals surface area contributed by atoms with E-state index < -0.39 is 0 Å². The second kappa shape index (κ2) is 8.33. The van der Waals surface area contributed by atoms with Gasteiger partial charge in [0, 0.05) is 10.7 Å². The molecule has 2 aromatic rings. The molecule has 0 spiro atoms. The maximum absolute atomic E-state index is 11.4. The third-order valence-corrected chi connectivity index (χ3v) is 3.09. The van der Waals surface area contributed by atoms with Crippen molar-refractivity contribution in [1.29, 1.82) is 0 Å². The van der Waals surface area contributed by atoms with Gasteiger partial charge in [-0.05, 0) is 42.0 Å². The molecule has 0 unspecified atom stereocenters. The van der Waals surface area contributed by atoms with E-state index in [1.807, 2.05) is 36.4 Å². The van der Waals surface area contributed by atoms with Crippen LogP contribution in [0, 0.1) is 0 Å². The van der Waals surface area contributed by atoms with Crippen molar-refractivity contribution < 1.29 is 19.4 Å². The first-order valence-electron chi connectivity index (χ1n) is 7.16. The molecule has 0 aliphatic heterocycles. The lowest BCUT2D eigenvalue weighted by atomic mass is 10.1. The zero-order valence-corrected chi connectivity index (χ0v) is 13.2. The maximum Gasteiger partial charge on any atom is 0.337 e. The first kappa shape index (κ1) is 17.0. The average Bonchev–Trinajstić information content (AvgIpc) is 2.60. The smallest absolute Gasteiger partial charge is 0.337 e. The number of methoxy groups -OCH3 is 1.